The average Bonchev–Trinajstić information content (AvgIpc) is 2.39. The van der Waals surface area contributed by atoms with Crippen molar-refractivity contribution in [2.24, 2.45) is 5.92 Å². The van der Waals surface area contributed by atoms with E-state index in [9.17, 15) is 4.79 Å². The number of hydrogen-bond acceptors (Lipinski definition) is 1. The van der Waals surface area contributed by atoms with Gasteiger partial charge in [-0.3, -0.25) is 0 Å². The largest absolute Gasteiger partial charge is 0.302 e. The number of hydrogen-bond donors (Lipinski definition) is 0. The van der Waals surface area contributed by atoms with E-state index in [4.69, 9.17) is 0 Å². The summed E-state index contributed by atoms with van der Waals surface area (Å²) in [6, 6.07) is 9.81. The predicted molar refractivity (Wildman–Crippen MR) is 71.6 cm³/mol. The molecular formula is C16H20O. The first kappa shape index (κ1) is 13.5. The zero-order valence-electron chi connectivity index (χ0n) is 10.5. The van der Waals surface area contributed by atoms with Crippen molar-refractivity contribution in [2.45, 2.75) is 39.0 Å². The molecule has 0 saturated carbocycles. The molecule has 0 aromatic heterocycles. The minimum atomic E-state index is -0.105. The first-order chi connectivity index (χ1) is 8.36. The maximum Gasteiger partial charge on any atom is 0.134 e. The van der Waals surface area contributed by atoms with Gasteiger partial charge in [-0.05, 0) is 18.6 Å². The average molecular weight is 228 g/mol. The van der Waals surface area contributed by atoms with Crippen LogP contribution in [0.5, 0.6) is 0 Å². The molecule has 0 aliphatic heterocycles. The second-order valence-electron chi connectivity index (χ2n) is 4.23. The number of aldehydes is 1. The SMILES string of the molecule is CCCCCCC(C#Cc1ccccc1)C=O. The smallest absolute Gasteiger partial charge is 0.134 e. The number of carbonyl (C=O) groups is 1. The molecule has 0 aliphatic rings. The second kappa shape index (κ2) is 8.58. The van der Waals surface area contributed by atoms with Crippen LogP contribution in [0.25, 0.3) is 0 Å². The van der Waals surface area contributed by atoms with Crippen molar-refractivity contribution in [3.63, 3.8) is 0 Å². The van der Waals surface area contributed by atoms with Crippen LogP contribution in [-0.2, 0) is 4.79 Å². The highest BCUT2D eigenvalue weighted by molar-refractivity contribution is 5.59. The van der Waals surface area contributed by atoms with Gasteiger partial charge in [0.2, 0.25) is 0 Å². The van der Waals surface area contributed by atoms with Gasteiger partial charge in [0.25, 0.3) is 0 Å². The molecule has 1 heteroatoms. The minimum Gasteiger partial charge on any atom is -0.302 e. The number of carbonyl (C=O) groups excluding carboxylic acids is 1. The van der Waals surface area contributed by atoms with Crippen LogP contribution in [0.3, 0.4) is 0 Å². The van der Waals surface area contributed by atoms with E-state index < -0.39 is 0 Å². The summed E-state index contributed by atoms with van der Waals surface area (Å²) >= 11 is 0. The summed E-state index contributed by atoms with van der Waals surface area (Å²) in [5.41, 5.74) is 0.980. The Kier molecular flexibility index (Phi) is 6.82. The van der Waals surface area contributed by atoms with E-state index in [0.29, 0.717) is 0 Å². The fourth-order valence-electron chi connectivity index (χ4n) is 1.66. The van der Waals surface area contributed by atoms with Crippen molar-refractivity contribution in [1.82, 2.24) is 0 Å². The fraction of sp³-hybridized carbons (Fsp3) is 0.438. The van der Waals surface area contributed by atoms with Crippen LogP contribution in [0, 0.1) is 17.8 Å². The molecule has 1 rings (SSSR count). The molecule has 0 spiro atoms. The van der Waals surface area contributed by atoms with Crippen LogP contribution in [0.15, 0.2) is 30.3 Å². The van der Waals surface area contributed by atoms with Crippen molar-refractivity contribution in [2.75, 3.05) is 0 Å². The third kappa shape index (κ3) is 5.92. The number of unbranched alkanes of at least 4 members (excludes halogenated alkanes) is 3. The molecule has 1 atom stereocenters. The molecule has 0 heterocycles. The van der Waals surface area contributed by atoms with Gasteiger partial charge in [-0.1, -0.05) is 62.6 Å². The molecule has 1 unspecified atom stereocenters. The summed E-state index contributed by atoms with van der Waals surface area (Å²) < 4.78 is 0. The van der Waals surface area contributed by atoms with E-state index in [1.165, 1.54) is 19.3 Å². The summed E-state index contributed by atoms with van der Waals surface area (Å²) in [6.07, 6.45) is 6.64. The van der Waals surface area contributed by atoms with Gasteiger partial charge in [-0.2, -0.15) is 0 Å². The first-order valence-corrected chi connectivity index (χ1v) is 6.38. The van der Waals surface area contributed by atoms with E-state index in [2.05, 4.69) is 18.8 Å². The molecule has 0 N–H and O–H groups in total. The normalized spacial score (nSPS) is 11.4. The molecule has 0 fully saturated rings. The van der Waals surface area contributed by atoms with Gasteiger partial charge in [0.05, 0.1) is 5.92 Å². The maximum absolute atomic E-state index is 10.9. The topological polar surface area (TPSA) is 17.1 Å². The van der Waals surface area contributed by atoms with Gasteiger partial charge in [0.15, 0.2) is 0 Å². The highest BCUT2D eigenvalue weighted by Crippen LogP contribution is 2.08. The third-order valence-corrected chi connectivity index (χ3v) is 2.71. The Morgan fingerprint density at radius 2 is 1.94 bits per heavy atom. The zero-order chi connectivity index (χ0) is 12.3. The van der Waals surface area contributed by atoms with Crippen LogP contribution in [0.1, 0.15) is 44.6 Å². The second-order valence-corrected chi connectivity index (χ2v) is 4.23. The van der Waals surface area contributed by atoms with Crippen molar-refractivity contribution < 1.29 is 4.79 Å². The lowest BCUT2D eigenvalue weighted by Gasteiger charge is -2.01. The van der Waals surface area contributed by atoms with Gasteiger partial charge in [0.1, 0.15) is 6.29 Å². The van der Waals surface area contributed by atoms with Gasteiger partial charge >= 0.3 is 0 Å². The molecule has 1 nitrogen and oxygen atoms in total. The quantitative estimate of drug-likeness (QED) is 0.411. The van der Waals surface area contributed by atoms with Crippen molar-refractivity contribution in [3.8, 4) is 11.8 Å². The molecule has 0 radical (unpaired) electrons. The lowest BCUT2D eigenvalue weighted by Crippen LogP contribution is -1.98. The Morgan fingerprint density at radius 1 is 1.18 bits per heavy atom. The Hall–Kier alpha value is -1.55. The molecular weight excluding hydrogens is 208 g/mol. The predicted octanol–water partition coefficient (Wildman–Crippen LogP) is 3.82. The lowest BCUT2D eigenvalue weighted by atomic mass is 10.0. The Labute approximate surface area is 104 Å². The number of benzene rings is 1. The molecule has 0 amide bonds. The zero-order valence-corrected chi connectivity index (χ0v) is 10.5. The van der Waals surface area contributed by atoms with Crippen LogP contribution >= 0.6 is 0 Å². The summed E-state index contributed by atoms with van der Waals surface area (Å²) in [6.45, 7) is 2.19. The van der Waals surface area contributed by atoms with Crippen LogP contribution in [0.2, 0.25) is 0 Å². The third-order valence-electron chi connectivity index (χ3n) is 2.71. The first-order valence-electron chi connectivity index (χ1n) is 6.38. The van der Waals surface area contributed by atoms with E-state index in [-0.39, 0.29) is 5.92 Å². The van der Waals surface area contributed by atoms with Crippen LogP contribution in [0.4, 0.5) is 0 Å². The fourth-order valence-corrected chi connectivity index (χ4v) is 1.66. The van der Waals surface area contributed by atoms with Crippen molar-refractivity contribution in [3.05, 3.63) is 35.9 Å². The van der Waals surface area contributed by atoms with Crippen molar-refractivity contribution in [1.29, 1.82) is 0 Å². The van der Waals surface area contributed by atoms with Gasteiger partial charge in [-0.25, -0.2) is 0 Å². The van der Waals surface area contributed by atoms with Crippen LogP contribution in [-0.4, -0.2) is 6.29 Å². The van der Waals surface area contributed by atoms with E-state index in [1.54, 1.807) is 0 Å². The molecule has 1 aromatic rings. The molecule has 1 aromatic carbocycles. The van der Waals surface area contributed by atoms with Crippen LogP contribution < -0.4 is 0 Å². The molecule has 90 valence electrons. The highest BCUT2D eigenvalue weighted by Gasteiger charge is 2.02. The summed E-state index contributed by atoms with van der Waals surface area (Å²) in [4.78, 5) is 10.9. The monoisotopic (exact) mass is 228 g/mol. The Bertz CT molecular complexity index is 370. The van der Waals surface area contributed by atoms with E-state index in [0.717, 1.165) is 24.7 Å². The van der Waals surface area contributed by atoms with E-state index in [1.807, 2.05) is 30.3 Å². The molecule has 0 aliphatic carbocycles. The van der Waals surface area contributed by atoms with Gasteiger partial charge in [-0.15, -0.1) is 0 Å². The van der Waals surface area contributed by atoms with Crippen molar-refractivity contribution >= 4 is 6.29 Å². The summed E-state index contributed by atoms with van der Waals surface area (Å²) in [5.74, 6) is 6.00. The highest BCUT2D eigenvalue weighted by atomic mass is 16.1. The Morgan fingerprint density at radius 3 is 2.59 bits per heavy atom. The number of rotatable bonds is 6. The Balaban J connectivity index is 2.41. The molecule has 17 heavy (non-hydrogen) atoms. The standard InChI is InChI=1S/C16H20O/c1-2-3-4-6-11-16(14-17)13-12-15-9-7-5-8-10-15/h5,7-10,14,16H,2-4,6,11H2,1H3. The lowest BCUT2D eigenvalue weighted by molar-refractivity contribution is -0.109. The molecule has 0 bridgehead atoms. The summed E-state index contributed by atoms with van der Waals surface area (Å²) in [7, 11) is 0. The van der Waals surface area contributed by atoms with Gasteiger partial charge < -0.3 is 4.79 Å². The maximum atomic E-state index is 10.9. The van der Waals surface area contributed by atoms with Gasteiger partial charge in [0, 0.05) is 5.56 Å². The molecule has 0 saturated heterocycles. The van der Waals surface area contributed by atoms with E-state index >= 15 is 0 Å². The summed E-state index contributed by atoms with van der Waals surface area (Å²) in [5, 5.41) is 0. The minimum absolute atomic E-state index is 0.105.